The first-order valence-electron chi connectivity index (χ1n) is 3.05. The second kappa shape index (κ2) is 3.40. The number of benzene rings is 1. The minimum atomic E-state index is 0.582. The number of rotatable bonds is 1. The summed E-state index contributed by atoms with van der Waals surface area (Å²) in [6, 6.07) is 6.14. The molecular formula is C8H8BrCl. The molecule has 0 aromatic heterocycles. The third-order valence-corrected chi connectivity index (χ3v) is 2.55. The number of hydrogen-bond acceptors (Lipinski definition) is 0. The Kier molecular flexibility index (Phi) is 2.75. The van der Waals surface area contributed by atoms with E-state index >= 15 is 0 Å². The van der Waals surface area contributed by atoms with Crippen LogP contribution in [0.25, 0.3) is 0 Å². The third-order valence-electron chi connectivity index (χ3n) is 1.39. The minimum Gasteiger partial charge on any atom is -0.122 e. The molecule has 0 aliphatic carbocycles. The first-order chi connectivity index (χ1) is 4.74. The van der Waals surface area contributed by atoms with Gasteiger partial charge in [0.25, 0.3) is 0 Å². The van der Waals surface area contributed by atoms with E-state index in [0.29, 0.717) is 5.88 Å². The van der Waals surface area contributed by atoms with Gasteiger partial charge in [-0.3, -0.25) is 0 Å². The maximum Gasteiger partial charge on any atom is 0.0474 e. The van der Waals surface area contributed by atoms with Crippen molar-refractivity contribution >= 4 is 27.5 Å². The van der Waals surface area contributed by atoms with Gasteiger partial charge >= 0.3 is 0 Å². The van der Waals surface area contributed by atoms with Gasteiger partial charge in [-0.1, -0.05) is 28.1 Å². The summed E-state index contributed by atoms with van der Waals surface area (Å²) in [6.45, 7) is 2.06. The van der Waals surface area contributed by atoms with Gasteiger partial charge in [0.2, 0.25) is 0 Å². The number of aryl methyl sites for hydroxylation is 1. The Bertz CT molecular complexity index is 233. The first kappa shape index (κ1) is 8.09. The van der Waals surface area contributed by atoms with Gasteiger partial charge in [0.1, 0.15) is 0 Å². The van der Waals surface area contributed by atoms with Crippen LogP contribution in [-0.4, -0.2) is 0 Å². The molecule has 0 radical (unpaired) electrons. The maximum atomic E-state index is 5.63. The summed E-state index contributed by atoms with van der Waals surface area (Å²) in [5.41, 5.74) is 2.40. The molecule has 0 aliphatic heterocycles. The fourth-order valence-corrected chi connectivity index (χ4v) is 1.31. The Morgan fingerprint density at radius 2 is 2.20 bits per heavy atom. The summed E-state index contributed by atoms with van der Waals surface area (Å²) in [6.07, 6.45) is 0. The molecule has 0 saturated carbocycles. The van der Waals surface area contributed by atoms with Crippen LogP contribution in [0.15, 0.2) is 22.7 Å². The lowest BCUT2D eigenvalue weighted by Gasteiger charge is -1.98. The average Bonchev–Trinajstić information content (AvgIpc) is 1.95. The highest BCUT2D eigenvalue weighted by molar-refractivity contribution is 9.10. The quantitative estimate of drug-likeness (QED) is 0.634. The minimum absolute atomic E-state index is 0.582. The molecule has 1 rings (SSSR count). The van der Waals surface area contributed by atoms with E-state index in [9.17, 15) is 0 Å². The number of halogens is 2. The highest BCUT2D eigenvalue weighted by Crippen LogP contribution is 2.18. The van der Waals surface area contributed by atoms with Gasteiger partial charge in [-0.05, 0) is 24.1 Å². The van der Waals surface area contributed by atoms with Gasteiger partial charge in [-0.2, -0.15) is 0 Å². The molecule has 10 heavy (non-hydrogen) atoms. The van der Waals surface area contributed by atoms with E-state index < -0.39 is 0 Å². The molecule has 2 heteroatoms. The Balaban J connectivity index is 3.04. The Hall–Kier alpha value is -0.0100. The molecule has 0 atom stereocenters. The molecule has 0 spiro atoms. The van der Waals surface area contributed by atoms with E-state index in [1.54, 1.807) is 0 Å². The van der Waals surface area contributed by atoms with E-state index in [4.69, 9.17) is 11.6 Å². The zero-order chi connectivity index (χ0) is 7.56. The normalized spacial score (nSPS) is 9.90. The van der Waals surface area contributed by atoms with Crippen molar-refractivity contribution < 1.29 is 0 Å². The van der Waals surface area contributed by atoms with Gasteiger partial charge in [-0.15, -0.1) is 11.6 Å². The van der Waals surface area contributed by atoms with Crippen molar-refractivity contribution in [2.24, 2.45) is 0 Å². The van der Waals surface area contributed by atoms with E-state index in [0.717, 1.165) is 10.0 Å². The summed E-state index contributed by atoms with van der Waals surface area (Å²) < 4.78 is 1.13. The summed E-state index contributed by atoms with van der Waals surface area (Å²) in [4.78, 5) is 0. The zero-order valence-electron chi connectivity index (χ0n) is 5.70. The van der Waals surface area contributed by atoms with Crippen LogP contribution in [0.4, 0.5) is 0 Å². The van der Waals surface area contributed by atoms with Crippen molar-refractivity contribution in [2.75, 3.05) is 0 Å². The predicted molar refractivity (Wildman–Crippen MR) is 48.4 cm³/mol. The molecule has 1 aromatic rings. The molecule has 0 fully saturated rings. The van der Waals surface area contributed by atoms with Gasteiger partial charge in [0.15, 0.2) is 0 Å². The summed E-state index contributed by atoms with van der Waals surface area (Å²) >= 11 is 9.06. The van der Waals surface area contributed by atoms with Crippen LogP contribution in [0.2, 0.25) is 0 Å². The molecule has 1 aromatic carbocycles. The highest BCUT2D eigenvalue weighted by atomic mass is 79.9. The molecule has 0 unspecified atom stereocenters. The fraction of sp³-hybridized carbons (Fsp3) is 0.250. The van der Waals surface area contributed by atoms with Gasteiger partial charge in [-0.25, -0.2) is 0 Å². The van der Waals surface area contributed by atoms with Crippen LogP contribution in [0, 0.1) is 6.92 Å². The van der Waals surface area contributed by atoms with E-state index in [2.05, 4.69) is 28.9 Å². The standard InChI is InChI=1S/C8H8BrCl/c1-6-2-3-7(5-10)4-8(6)9/h2-4H,5H2,1H3. The maximum absolute atomic E-state index is 5.63. The lowest BCUT2D eigenvalue weighted by atomic mass is 10.2. The third kappa shape index (κ3) is 1.74. The van der Waals surface area contributed by atoms with Crippen LogP contribution in [0.3, 0.4) is 0 Å². The molecule has 0 N–H and O–H groups in total. The number of alkyl halides is 1. The molecule has 0 heterocycles. The van der Waals surface area contributed by atoms with Crippen molar-refractivity contribution in [3.05, 3.63) is 33.8 Å². The number of hydrogen-bond donors (Lipinski definition) is 0. The van der Waals surface area contributed by atoms with Crippen LogP contribution in [0.5, 0.6) is 0 Å². The van der Waals surface area contributed by atoms with Gasteiger partial charge in [0.05, 0.1) is 0 Å². The molecule has 54 valence electrons. The lowest BCUT2D eigenvalue weighted by Crippen LogP contribution is -1.79. The van der Waals surface area contributed by atoms with E-state index in [1.807, 2.05) is 12.1 Å². The predicted octanol–water partition coefficient (Wildman–Crippen LogP) is 3.50. The molecule has 0 aliphatic rings. The van der Waals surface area contributed by atoms with Gasteiger partial charge in [0, 0.05) is 10.4 Å². The second-order valence-corrected chi connectivity index (χ2v) is 3.34. The first-order valence-corrected chi connectivity index (χ1v) is 4.38. The average molecular weight is 220 g/mol. The fourth-order valence-electron chi connectivity index (χ4n) is 0.719. The van der Waals surface area contributed by atoms with Crippen LogP contribution in [-0.2, 0) is 5.88 Å². The Morgan fingerprint density at radius 3 is 2.70 bits per heavy atom. The topological polar surface area (TPSA) is 0 Å². The Morgan fingerprint density at radius 1 is 1.50 bits per heavy atom. The molecule has 0 amide bonds. The van der Waals surface area contributed by atoms with Crippen molar-refractivity contribution in [1.82, 2.24) is 0 Å². The van der Waals surface area contributed by atoms with Crippen LogP contribution in [0.1, 0.15) is 11.1 Å². The van der Waals surface area contributed by atoms with Crippen molar-refractivity contribution in [2.45, 2.75) is 12.8 Å². The lowest BCUT2D eigenvalue weighted by molar-refractivity contribution is 1.33. The van der Waals surface area contributed by atoms with E-state index in [-0.39, 0.29) is 0 Å². The largest absolute Gasteiger partial charge is 0.122 e. The zero-order valence-corrected chi connectivity index (χ0v) is 8.04. The summed E-state index contributed by atoms with van der Waals surface area (Å²) in [5, 5.41) is 0. The molecule has 0 nitrogen and oxygen atoms in total. The molecular weight excluding hydrogens is 211 g/mol. The van der Waals surface area contributed by atoms with Crippen LogP contribution < -0.4 is 0 Å². The summed E-state index contributed by atoms with van der Waals surface area (Å²) in [7, 11) is 0. The van der Waals surface area contributed by atoms with Gasteiger partial charge < -0.3 is 0 Å². The Labute approximate surface area is 74.3 Å². The van der Waals surface area contributed by atoms with Crippen molar-refractivity contribution in [3.8, 4) is 0 Å². The molecule has 0 saturated heterocycles. The monoisotopic (exact) mass is 218 g/mol. The van der Waals surface area contributed by atoms with E-state index in [1.165, 1.54) is 5.56 Å². The van der Waals surface area contributed by atoms with Crippen LogP contribution >= 0.6 is 27.5 Å². The smallest absolute Gasteiger partial charge is 0.0474 e. The second-order valence-electron chi connectivity index (χ2n) is 2.22. The van der Waals surface area contributed by atoms with Crippen molar-refractivity contribution in [3.63, 3.8) is 0 Å². The van der Waals surface area contributed by atoms with Crippen molar-refractivity contribution in [1.29, 1.82) is 0 Å². The highest BCUT2D eigenvalue weighted by Gasteiger charge is 1.94. The summed E-state index contributed by atoms with van der Waals surface area (Å²) in [5.74, 6) is 0.582. The SMILES string of the molecule is Cc1ccc(CCl)cc1Br. The molecule has 0 bridgehead atoms.